The van der Waals surface area contributed by atoms with Crippen molar-refractivity contribution in [3.63, 3.8) is 0 Å². The fourth-order valence-corrected chi connectivity index (χ4v) is 3.72. The van der Waals surface area contributed by atoms with Gasteiger partial charge in [-0.1, -0.05) is 12.1 Å². The van der Waals surface area contributed by atoms with Crippen molar-refractivity contribution in [2.24, 2.45) is 0 Å². The summed E-state index contributed by atoms with van der Waals surface area (Å²) in [7, 11) is 1.63. The molecule has 0 unspecified atom stereocenters. The highest BCUT2D eigenvalue weighted by atomic mass is 16.5. The van der Waals surface area contributed by atoms with Gasteiger partial charge in [0.05, 0.1) is 13.4 Å². The highest BCUT2D eigenvalue weighted by molar-refractivity contribution is 5.88. The van der Waals surface area contributed by atoms with Crippen LogP contribution in [0.4, 0.5) is 0 Å². The summed E-state index contributed by atoms with van der Waals surface area (Å²) >= 11 is 0. The van der Waals surface area contributed by atoms with Gasteiger partial charge in [-0.2, -0.15) is 5.10 Å². The van der Waals surface area contributed by atoms with Crippen LogP contribution in [0.5, 0.6) is 5.75 Å². The lowest BCUT2D eigenvalue weighted by molar-refractivity contribution is -0.132. The normalized spacial score (nSPS) is 13.2. The summed E-state index contributed by atoms with van der Waals surface area (Å²) in [6, 6.07) is 7.79. The summed E-state index contributed by atoms with van der Waals surface area (Å²) in [6.45, 7) is 1.55. The lowest BCUT2D eigenvalue weighted by Crippen LogP contribution is -2.38. The van der Waals surface area contributed by atoms with Crippen molar-refractivity contribution >= 4 is 11.9 Å². The zero-order chi connectivity index (χ0) is 21.1. The van der Waals surface area contributed by atoms with Crippen LogP contribution >= 0.6 is 0 Å². The number of amides is 1. The second-order valence-corrected chi connectivity index (χ2v) is 7.20. The van der Waals surface area contributed by atoms with Crippen molar-refractivity contribution in [3.05, 3.63) is 65.5 Å². The molecule has 30 heavy (non-hydrogen) atoms. The Morgan fingerprint density at radius 2 is 2.03 bits per heavy atom. The predicted molar refractivity (Wildman–Crippen MR) is 107 cm³/mol. The van der Waals surface area contributed by atoms with E-state index in [2.05, 4.69) is 10.1 Å². The number of methoxy groups -OCH3 is 1. The van der Waals surface area contributed by atoms with Crippen LogP contribution in [0.3, 0.4) is 0 Å². The van der Waals surface area contributed by atoms with Gasteiger partial charge in [-0.25, -0.2) is 9.78 Å². The molecular formula is C21H23N5O4. The number of aromatic carboxylic acids is 1. The number of rotatable bonds is 7. The molecule has 0 radical (unpaired) electrons. The van der Waals surface area contributed by atoms with Crippen molar-refractivity contribution < 1.29 is 19.4 Å². The van der Waals surface area contributed by atoms with Gasteiger partial charge in [-0.05, 0) is 24.1 Å². The third-order valence-electron chi connectivity index (χ3n) is 5.34. The molecule has 0 spiro atoms. The Morgan fingerprint density at radius 3 is 2.70 bits per heavy atom. The molecule has 1 aromatic carbocycles. The van der Waals surface area contributed by atoms with E-state index in [-0.39, 0.29) is 24.7 Å². The van der Waals surface area contributed by atoms with Crippen LogP contribution in [0.15, 0.2) is 43.0 Å². The summed E-state index contributed by atoms with van der Waals surface area (Å²) in [5, 5.41) is 14.0. The highest BCUT2D eigenvalue weighted by Crippen LogP contribution is 2.24. The summed E-state index contributed by atoms with van der Waals surface area (Å²) in [4.78, 5) is 30.0. The Hall–Kier alpha value is -3.62. The Balaban J connectivity index is 1.49. The molecule has 156 valence electrons. The summed E-state index contributed by atoms with van der Waals surface area (Å²) in [5.74, 6) is -0.344. The number of carboxylic acids is 1. The van der Waals surface area contributed by atoms with Gasteiger partial charge < -0.3 is 19.3 Å². The lowest BCUT2D eigenvalue weighted by atomic mass is 10.0. The van der Waals surface area contributed by atoms with E-state index in [1.807, 2.05) is 24.3 Å². The molecule has 4 rings (SSSR count). The summed E-state index contributed by atoms with van der Waals surface area (Å²) < 4.78 is 8.66. The number of benzene rings is 1. The van der Waals surface area contributed by atoms with Crippen LogP contribution < -0.4 is 4.74 Å². The highest BCUT2D eigenvalue weighted by Gasteiger charge is 2.29. The van der Waals surface area contributed by atoms with Gasteiger partial charge in [0.25, 0.3) is 0 Å². The Bertz CT molecular complexity index is 1040. The van der Waals surface area contributed by atoms with Crippen molar-refractivity contribution in [1.29, 1.82) is 0 Å². The smallest absolute Gasteiger partial charge is 0.356 e. The number of hydrogen-bond donors (Lipinski definition) is 1. The number of nitrogens with zero attached hydrogens (tertiary/aromatic N) is 5. The topological polar surface area (TPSA) is 102 Å². The minimum Gasteiger partial charge on any atom is -0.497 e. The number of carboxylic acid groups (broad SMARTS) is 1. The Labute approximate surface area is 173 Å². The minimum absolute atomic E-state index is 0.0276. The van der Waals surface area contributed by atoms with E-state index in [0.29, 0.717) is 25.1 Å². The first-order valence-electron chi connectivity index (χ1n) is 9.73. The molecule has 1 amide bonds. The van der Waals surface area contributed by atoms with E-state index in [1.54, 1.807) is 40.0 Å². The number of imidazole rings is 1. The number of carbonyl (C=O) groups is 2. The second-order valence-electron chi connectivity index (χ2n) is 7.20. The van der Waals surface area contributed by atoms with Crippen LogP contribution in [-0.4, -0.2) is 54.9 Å². The number of fused-ring (bicyclic) bond motifs is 1. The minimum atomic E-state index is -1.07. The Kier molecular flexibility index (Phi) is 5.51. The van der Waals surface area contributed by atoms with Crippen LogP contribution in [0.1, 0.15) is 27.3 Å². The maximum absolute atomic E-state index is 12.6. The average molecular weight is 409 g/mol. The molecular weight excluding hydrogens is 386 g/mol. The third-order valence-corrected chi connectivity index (χ3v) is 5.34. The summed E-state index contributed by atoms with van der Waals surface area (Å²) in [6.07, 6.45) is 6.24. The van der Waals surface area contributed by atoms with Gasteiger partial charge in [-0.3, -0.25) is 9.48 Å². The first-order valence-corrected chi connectivity index (χ1v) is 9.73. The van der Waals surface area contributed by atoms with Gasteiger partial charge in [0, 0.05) is 49.7 Å². The predicted octanol–water partition coefficient (Wildman–Crippen LogP) is 1.61. The van der Waals surface area contributed by atoms with E-state index < -0.39 is 5.97 Å². The molecule has 0 saturated carbocycles. The van der Waals surface area contributed by atoms with E-state index in [0.717, 1.165) is 23.4 Å². The molecule has 1 aliphatic heterocycles. The van der Waals surface area contributed by atoms with E-state index >= 15 is 0 Å². The van der Waals surface area contributed by atoms with Crippen molar-refractivity contribution in [2.75, 3.05) is 13.7 Å². The molecule has 3 aromatic rings. The number of hydrogen-bond acceptors (Lipinski definition) is 5. The largest absolute Gasteiger partial charge is 0.497 e. The fraction of sp³-hybridized carbons (Fsp3) is 0.333. The van der Waals surface area contributed by atoms with Gasteiger partial charge in [0.1, 0.15) is 12.3 Å². The molecule has 0 fully saturated rings. The molecule has 1 N–H and O–H groups in total. The van der Waals surface area contributed by atoms with E-state index in [9.17, 15) is 14.7 Å². The number of aromatic nitrogens is 4. The van der Waals surface area contributed by atoms with E-state index in [1.165, 1.54) is 0 Å². The average Bonchev–Trinajstić information content (AvgIpc) is 3.40. The molecule has 3 heterocycles. The number of carbonyl (C=O) groups excluding carboxylic acids is 1. The molecule has 9 nitrogen and oxygen atoms in total. The van der Waals surface area contributed by atoms with Crippen LogP contribution in [0.2, 0.25) is 0 Å². The zero-order valence-corrected chi connectivity index (χ0v) is 16.7. The third kappa shape index (κ3) is 4.05. The molecule has 2 aromatic heterocycles. The molecule has 9 heteroatoms. The van der Waals surface area contributed by atoms with Gasteiger partial charge in [-0.15, -0.1) is 0 Å². The van der Waals surface area contributed by atoms with E-state index in [4.69, 9.17) is 4.74 Å². The second kappa shape index (κ2) is 8.40. The first-order chi connectivity index (χ1) is 14.5. The number of aryl methyl sites for hydroxylation is 2. The van der Waals surface area contributed by atoms with Gasteiger partial charge >= 0.3 is 5.97 Å². The summed E-state index contributed by atoms with van der Waals surface area (Å²) in [5.41, 5.74) is 2.67. The maximum atomic E-state index is 12.6. The molecule has 0 atom stereocenters. The Morgan fingerprint density at radius 1 is 1.23 bits per heavy atom. The number of ether oxygens (including phenoxy) is 1. The van der Waals surface area contributed by atoms with Crippen molar-refractivity contribution in [3.8, 4) is 5.75 Å². The quantitative estimate of drug-likeness (QED) is 0.636. The van der Waals surface area contributed by atoms with Gasteiger partial charge in [0.2, 0.25) is 5.91 Å². The molecule has 1 aliphatic rings. The molecule has 0 saturated heterocycles. The standard InChI is InChI=1S/C21H23N5O4/c1-30-16-4-2-15(3-5-16)6-10-26-18-7-9-25(12-17(18)20(23-26)21(28)29)19(27)13-24-11-8-22-14-24/h2-5,8,11,14H,6-7,9-10,12-13H2,1H3,(H,28,29). The first kappa shape index (κ1) is 19.7. The van der Waals surface area contributed by atoms with Crippen LogP contribution in [-0.2, 0) is 37.3 Å². The molecule has 0 bridgehead atoms. The van der Waals surface area contributed by atoms with Crippen molar-refractivity contribution in [1.82, 2.24) is 24.2 Å². The van der Waals surface area contributed by atoms with Crippen LogP contribution in [0, 0.1) is 0 Å². The van der Waals surface area contributed by atoms with Crippen LogP contribution in [0.25, 0.3) is 0 Å². The van der Waals surface area contributed by atoms with Crippen molar-refractivity contribution in [2.45, 2.75) is 32.5 Å². The molecule has 0 aliphatic carbocycles. The fourth-order valence-electron chi connectivity index (χ4n) is 3.72. The van der Waals surface area contributed by atoms with Gasteiger partial charge in [0.15, 0.2) is 5.69 Å². The lowest BCUT2D eigenvalue weighted by Gasteiger charge is -2.28. The zero-order valence-electron chi connectivity index (χ0n) is 16.7. The SMILES string of the molecule is COc1ccc(CCn2nc(C(=O)O)c3c2CCN(C(=O)Cn2ccnc2)C3)cc1. The monoisotopic (exact) mass is 409 g/mol. The maximum Gasteiger partial charge on any atom is 0.356 e.